The molecule has 1 saturated heterocycles. The van der Waals surface area contributed by atoms with Crippen LogP contribution >= 0.6 is 11.6 Å². The van der Waals surface area contributed by atoms with Crippen LogP contribution in [0, 0.1) is 6.92 Å². The maximum atomic E-state index is 11.2. The van der Waals surface area contributed by atoms with E-state index in [1.54, 1.807) is 6.92 Å². The van der Waals surface area contributed by atoms with Gasteiger partial charge in [0.25, 0.3) is 0 Å². The quantitative estimate of drug-likeness (QED) is 0.629. The molecule has 6 heteroatoms. The van der Waals surface area contributed by atoms with Gasteiger partial charge in [0.15, 0.2) is 6.29 Å². The first-order chi connectivity index (χ1) is 9.56. The molecule has 2 rings (SSSR count). The molecule has 20 heavy (non-hydrogen) atoms. The number of hydrogen-bond donors (Lipinski definition) is 0. The van der Waals surface area contributed by atoms with Crippen molar-refractivity contribution in [1.29, 1.82) is 0 Å². The number of rotatable bonds is 4. The van der Waals surface area contributed by atoms with Gasteiger partial charge in [0, 0.05) is 26.2 Å². The molecule has 0 amide bonds. The van der Waals surface area contributed by atoms with E-state index in [0.717, 1.165) is 38.8 Å². The van der Waals surface area contributed by atoms with Crippen molar-refractivity contribution >= 4 is 23.7 Å². The van der Waals surface area contributed by atoms with E-state index in [-0.39, 0.29) is 5.15 Å². The largest absolute Gasteiger partial charge is 0.356 e. The average molecular weight is 297 g/mol. The molecule has 0 aromatic carbocycles. The molecule has 1 aliphatic heterocycles. The third-order valence-electron chi connectivity index (χ3n) is 3.99. The summed E-state index contributed by atoms with van der Waals surface area (Å²) in [5.41, 5.74) is 0.387. The van der Waals surface area contributed by atoms with E-state index < -0.39 is 0 Å². The number of carbonyl (C=O) groups is 1. The molecule has 110 valence electrons. The average Bonchev–Trinajstić information content (AvgIpc) is 2.46. The zero-order chi connectivity index (χ0) is 14.7. The predicted molar refractivity (Wildman–Crippen MR) is 80.7 cm³/mol. The van der Waals surface area contributed by atoms with Crippen LogP contribution in [-0.4, -0.2) is 53.9 Å². The second-order valence-electron chi connectivity index (χ2n) is 5.19. The van der Waals surface area contributed by atoms with Gasteiger partial charge in [-0.2, -0.15) is 0 Å². The van der Waals surface area contributed by atoms with Crippen LogP contribution in [0.15, 0.2) is 0 Å². The molecule has 0 N–H and O–H groups in total. The molecule has 5 nitrogen and oxygen atoms in total. The second-order valence-corrected chi connectivity index (χ2v) is 5.55. The maximum Gasteiger partial charge on any atom is 0.156 e. The second kappa shape index (κ2) is 6.50. The van der Waals surface area contributed by atoms with Gasteiger partial charge >= 0.3 is 0 Å². The van der Waals surface area contributed by atoms with Gasteiger partial charge in [0.05, 0.1) is 5.56 Å². The van der Waals surface area contributed by atoms with E-state index in [4.69, 9.17) is 11.6 Å². The van der Waals surface area contributed by atoms with Gasteiger partial charge in [-0.15, -0.1) is 0 Å². The molecule has 1 fully saturated rings. The Kier molecular flexibility index (Phi) is 4.94. The molecule has 0 radical (unpaired) electrons. The topological polar surface area (TPSA) is 49.3 Å². The number of piperidine rings is 1. The van der Waals surface area contributed by atoms with Crippen LogP contribution in [0.1, 0.15) is 35.9 Å². The number of aryl methyl sites for hydroxylation is 1. The van der Waals surface area contributed by atoms with Crippen LogP contribution in [0.5, 0.6) is 0 Å². The van der Waals surface area contributed by atoms with Crippen molar-refractivity contribution in [2.75, 3.05) is 31.6 Å². The molecule has 0 spiro atoms. The highest BCUT2D eigenvalue weighted by molar-refractivity contribution is 6.32. The van der Waals surface area contributed by atoms with Crippen molar-refractivity contribution in [3.05, 3.63) is 16.5 Å². The van der Waals surface area contributed by atoms with Crippen molar-refractivity contribution in [2.24, 2.45) is 0 Å². The first-order valence-corrected chi connectivity index (χ1v) is 7.39. The lowest BCUT2D eigenvalue weighted by atomic mass is 10.0. The minimum absolute atomic E-state index is 0.236. The minimum atomic E-state index is 0.236. The third-order valence-corrected chi connectivity index (χ3v) is 4.28. The van der Waals surface area contributed by atoms with Crippen molar-refractivity contribution in [3.63, 3.8) is 0 Å². The van der Waals surface area contributed by atoms with Crippen molar-refractivity contribution < 1.29 is 4.79 Å². The fourth-order valence-electron chi connectivity index (χ4n) is 2.70. The van der Waals surface area contributed by atoms with Gasteiger partial charge in [-0.1, -0.05) is 18.5 Å². The maximum absolute atomic E-state index is 11.2. The minimum Gasteiger partial charge on any atom is -0.356 e. The summed E-state index contributed by atoms with van der Waals surface area (Å²) in [7, 11) is 1.98. The van der Waals surface area contributed by atoms with Crippen LogP contribution < -0.4 is 4.90 Å². The lowest BCUT2D eigenvalue weighted by molar-refractivity contribution is 0.112. The molecular formula is C14H21ClN4O. The molecular weight excluding hydrogens is 276 g/mol. The summed E-state index contributed by atoms with van der Waals surface area (Å²) in [4.78, 5) is 24.2. The monoisotopic (exact) mass is 296 g/mol. The Balaban J connectivity index is 2.21. The Morgan fingerprint density at radius 2 is 2.05 bits per heavy atom. The van der Waals surface area contributed by atoms with E-state index in [1.807, 2.05) is 7.05 Å². The zero-order valence-electron chi connectivity index (χ0n) is 12.3. The Hall–Kier alpha value is -1.20. The number of halogens is 1. The van der Waals surface area contributed by atoms with Crippen LogP contribution in [0.25, 0.3) is 0 Å². The summed E-state index contributed by atoms with van der Waals surface area (Å²) >= 11 is 6.05. The van der Waals surface area contributed by atoms with E-state index in [0.29, 0.717) is 23.2 Å². The fourth-order valence-corrected chi connectivity index (χ4v) is 2.95. The number of nitrogens with zero attached hydrogens (tertiary/aromatic N) is 4. The van der Waals surface area contributed by atoms with Gasteiger partial charge in [-0.25, -0.2) is 9.97 Å². The van der Waals surface area contributed by atoms with Gasteiger partial charge < -0.3 is 9.80 Å². The number of aromatic nitrogens is 2. The summed E-state index contributed by atoms with van der Waals surface area (Å²) in [6.45, 7) is 7.23. The smallest absolute Gasteiger partial charge is 0.156 e. The van der Waals surface area contributed by atoms with Crippen LogP contribution in [0.4, 0.5) is 5.82 Å². The first-order valence-electron chi connectivity index (χ1n) is 7.01. The first kappa shape index (κ1) is 15.2. The molecule has 1 aromatic rings. The Bertz CT molecular complexity index is 486. The molecule has 0 saturated carbocycles. The summed E-state index contributed by atoms with van der Waals surface area (Å²) in [6, 6.07) is 0.391. The third kappa shape index (κ3) is 3.10. The Labute approximate surface area is 124 Å². The van der Waals surface area contributed by atoms with Crippen LogP contribution in [0.2, 0.25) is 5.15 Å². The molecule has 0 aliphatic carbocycles. The summed E-state index contributed by atoms with van der Waals surface area (Å²) in [5.74, 6) is 1.24. The van der Waals surface area contributed by atoms with E-state index in [2.05, 4.69) is 26.7 Å². The van der Waals surface area contributed by atoms with Gasteiger partial charge in [-0.05, 0) is 26.3 Å². The summed E-state index contributed by atoms with van der Waals surface area (Å²) < 4.78 is 0. The van der Waals surface area contributed by atoms with Gasteiger partial charge in [0.1, 0.15) is 16.8 Å². The van der Waals surface area contributed by atoms with E-state index in [1.165, 1.54) is 0 Å². The van der Waals surface area contributed by atoms with Crippen molar-refractivity contribution in [2.45, 2.75) is 32.7 Å². The number of carbonyl (C=O) groups excluding carboxylic acids is 1. The van der Waals surface area contributed by atoms with Gasteiger partial charge in [-0.3, -0.25) is 4.79 Å². The molecule has 0 unspecified atom stereocenters. The van der Waals surface area contributed by atoms with E-state index in [9.17, 15) is 4.79 Å². The molecule has 0 atom stereocenters. The standard InChI is InChI=1S/C14H21ClN4O/c1-4-19-7-5-11(6-8-19)18(3)14-12(9-20)13(15)16-10(2)17-14/h9,11H,4-8H2,1-3H3. The van der Waals surface area contributed by atoms with Gasteiger partial charge in [0.2, 0.25) is 0 Å². The highest BCUT2D eigenvalue weighted by Gasteiger charge is 2.25. The van der Waals surface area contributed by atoms with Crippen molar-refractivity contribution in [1.82, 2.24) is 14.9 Å². The summed E-state index contributed by atoms with van der Waals surface area (Å²) in [6.07, 6.45) is 2.89. The summed E-state index contributed by atoms with van der Waals surface area (Å²) in [5, 5.41) is 0.236. The number of anilines is 1. The molecule has 0 bridgehead atoms. The highest BCUT2D eigenvalue weighted by atomic mass is 35.5. The molecule has 1 aliphatic rings. The lowest BCUT2D eigenvalue weighted by Gasteiger charge is -2.37. The zero-order valence-corrected chi connectivity index (χ0v) is 13.0. The number of likely N-dealkylation sites (tertiary alicyclic amines) is 1. The van der Waals surface area contributed by atoms with E-state index >= 15 is 0 Å². The number of aldehydes is 1. The van der Waals surface area contributed by atoms with Crippen molar-refractivity contribution in [3.8, 4) is 0 Å². The lowest BCUT2D eigenvalue weighted by Crippen LogP contribution is -2.44. The highest BCUT2D eigenvalue weighted by Crippen LogP contribution is 2.26. The number of hydrogen-bond acceptors (Lipinski definition) is 5. The normalized spacial score (nSPS) is 17.2. The predicted octanol–water partition coefficient (Wildman–Crippen LogP) is 2.17. The van der Waals surface area contributed by atoms with Crippen LogP contribution in [0.3, 0.4) is 0 Å². The van der Waals surface area contributed by atoms with Crippen LogP contribution in [-0.2, 0) is 0 Å². The Morgan fingerprint density at radius 1 is 1.40 bits per heavy atom. The molecule has 2 heterocycles. The SMILES string of the molecule is CCN1CCC(N(C)c2nc(C)nc(Cl)c2C=O)CC1. The Morgan fingerprint density at radius 3 is 2.60 bits per heavy atom. The fraction of sp³-hybridized carbons (Fsp3) is 0.643. The molecule has 1 aromatic heterocycles.